The van der Waals surface area contributed by atoms with E-state index in [4.69, 9.17) is 13.9 Å². The van der Waals surface area contributed by atoms with Gasteiger partial charge in [0, 0.05) is 0 Å². The highest BCUT2D eigenvalue weighted by molar-refractivity contribution is 7.92. The van der Waals surface area contributed by atoms with Crippen molar-refractivity contribution in [3.05, 3.63) is 48.0 Å². The van der Waals surface area contributed by atoms with Crippen LogP contribution in [0, 0.1) is 0 Å². The highest BCUT2D eigenvalue weighted by Gasteiger charge is 2.41. The number of benzene rings is 2. The Bertz CT molecular complexity index is 817. The molecule has 5 nitrogen and oxygen atoms in total. The van der Waals surface area contributed by atoms with Crippen LogP contribution in [0.4, 0.5) is 0 Å². The molecule has 2 atom stereocenters. The summed E-state index contributed by atoms with van der Waals surface area (Å²) in [6, 6.07) is 12.2. The Morgan fingerprint density at radius 3 is 2.43 bits per heavy atom. The minimum absolute atomic E-state index is 0.181. The zero-order chi connectivity index (χ0) is 16.6. The van der Waals surface area contributed by atoms with Crippen LogP contribution in [0.1, 0.15) is 18.6 Å². The monoisotopic (exact) mass is 350 g/mol. The first kappa shape index (κ1) is 15.9. The molecular formula is C16H18O5SSi. The van der Waals surface area contributed by atoms with E-state index in [9.17, 15) is 8.42 Å². The first-order chi connectivity index (χ1) is 11.0. The van der Waals surface area contributed by atoms with Gasteiger partial charge in [0.15, 0.2) is 21.3 Å². The molecule has 0 aliphatic carbocycles. The molecule has 0 amide bonds. The number of fused-ring (bicyclic) bond motifs is 1. The summed E-state index contributed by atoms with van der Waals surface area (Å²) in [7, 11) is -1.39. The fourth-order valence-electron chi connectivity index (χ4n) is 2.72. The van der Waals surface area contributed by atoms with Crippen molar-refractivity contribution in [2.45, 2.75) is 23.2 Å². The van der Waals surface area contributed by atoms with Gasteiger partial charge in [-0.05, 0) is 36.8 Å². The van der Waals surface area contributed by atoms with Gasteiger partial charge in [0.1, 0.15) is 22.0 Å². The van der Waals surface area contributed by atoms with Crippen molar-refractivity contribution in [2.75, 3.05) is 7.11 Å². The Morgan fingerprint density at radius 2 is 1.83 bits per heavy atom. The molecule has 0 unspecified atom stereocenters. The summed E-state index contributed by atoms with van der Waals surface area (Å²) in [5, 5.41) is -0.690. The number of sulfone groups is 1. The second-order valence-electron chi connectivity index (χ2n) is 5.35. The molecule has 1 aliphatic rings. The van der Waals surface area contributed by atoms with E-state index in [-0.39, 0.29) is 10.6 Å². The van der Waals surface area contributed by atoms with E-state index in [1.807, 2.05) is 24.3 Å². The van der Waals surface area contributed by atoms with Crippen LogP contribution in [0.3, 0.4) is 0 Å². The number of hydrogen-bond donors (Lipinski definition) is 0. The van der Waals surface area contributed by atoms with Crippen molar-refractivity contribution >= 4 is 20.3 Å². The van der Waals surface area contributed by atoms with Gasteiger partial charge in [-0.2, -0.15) is 0 Å². The molecule has 2 aromatic rings. The van der Waals surface area contributed by atoms with Gasteiger partial charge in [-0.15, -0.1) is 0 Å². The second-order valence-corrected chi connectivity index (χ2v) is 8.03. The topological polar surface area (TPSA) is 61.8 Å². The molecule has 1 heterocycles. The van der Waals surface area contributed by atoms with Crippen LogP contribution in [-0.2, 0) is 9.84 Å². The molecule has 0 saturated heterocycles. The van der Waals surface area contributed by atoms with Crippen molar-refractivity contribution < 1.29 is 22.3 Å². The van der Waals surface area contributed by atoms with Gasteiger partial charge in [0.25, 0.3) is 0 Å². The van der Waals surface area contributed by atoms with Crippen LogP contribution in [0.15, 0.2) is 47.4 Å². The van der Waals surface area contributed by atoms with Crippen molar-refractivity contribution in [3.63, 3.8) is 0 Å². The summed E-state index contributed by atoms with van der Waals surface area (Å²) in [6.07, 6.45) is -0.591. The smallest absolute Gasteiger partial charge is 0.204 e. The molecule has 0 saturated carbocycles. The van der Waals surface area contributed by atoms with Gasteiger partial charge in [-0.1, -0.05) is 18.2 Å². The van der Waals surface area contributed by atoms with Crippen LogP contribution in [-0.4, -0.2) is 31.3 Å². The molecule has 7 heteroatoms. The molecule has 23 heavy (non-hydrogen) atoms. The maximum Gasteiger partial charge on any atom is 0.204 e. The lowest BCUT2D eigenvalue weighted by Gasteiger charge is -2.32. The molecule has 0 bridgehead atoms. The second kappa shape index (κ2) is 5.90. The molecule has 0 spiro atoms. The third-order valence-corrected chi connectivity index (χ3v) is 6.71. The number of hydrogen-bond acceptors (Lipinski definition) is 5. The summed E-state index contributed by atoms with van der Waals surface area (Å²) in [6.45, 7) is 1.67. The minimum Gasteiger partial charge on any atom is -0.553 e. The summed E-state index contributed by atoms with van der Waals surface area (Å²) < 4.78 is 42.2. The van der Waals surface area contributed by atoms with E-state index in [1.165, 1.54) is 7.11 Å². The van der Waals surface area contributed by atoms with Gasteiger partial charge in [0.2, 0.25) is 10.5 Å². The van der Waals surface area contributed by atoms with E-state index in [0.29, 0.717) is 16.2 Å². The highest BCUT2D eigenvalue weighted by atomic mass is 32.2. The Balaban J connectivity index is 2.10. The molecule has 0 N–H and O–H groups in total. The lowest BCUT2D eigenvalue weighted by Crippen LogP contribution is -2.34. The van der Waals surface area contributed by atoms with E-state index in [2.05, 4.69) is 0 Å². The predicted octanol–water partition coefficient (Wildman–Crippen LogP) is 1.65. The Hall–Kier alpha value is -1.99. The lowest BCUT2D eigenvalue weighted by atomic mass is 10.1. The number of rotatable bonds is 3. The average molecular weight is 350 g/mol. The van der Waals surface area contributed by atoms with Gasteiger partial charge in [-0.3, -0.25) is 0 Å². The third kappa shape index (κ3) is 2.59. The van der Waals surface area contributed by atoms with Crippen LogP contribution < -0.4 is 13.9 Å². The summed E-state index contributed by atoms with van der Waals surface area (Å²) in [4.78, 5) is 0.181. The zero-order valence-electron chi connectivity index (χ0n) is 13.1. The number of methoxy groups -OCH3 is 1. The first-order valence-electron chi connectivity index (χ1n) is 7.20. The molecule has 122 valence electrons. The molecule has 3 rings (SSSR count). The van der Waals surface area contributed by atoms with Crippen molar-refractivity contribution in [1.29, 1.82) is 0 Å². The van der Waals surface area contributed by atoms with E-state index < -0.39 is 21.2 Å². The van der Waals surface area contributed by atoms with E-state index in [0.717, 1.165) is 11.3 Å². The van der Waals surface area contributed by atoms with Crippen LogP contribution in [0.2, 0.25) is 0 Å². The third-order valence-electron chi connectivity index (χ3n) is 4.07. The van der Waals surface area contributed by atoms with Crippen molar-refractivity contribution in [3.8, 4) is 17.2 Å². The highest BCUT2D eigenvalue weighted by Crippen LogP contribution is 2.45. The van der Waals surface area contributed by atoms with Crippen molar-refractivity contribution in [2.24, 2.45) is 0 Å². The molecular weight excluding hydrogens is 332 g/mol. The normalized spacial score (nSPS) is 22.0. The summed E-state index contributed by atoms with van der Waals surface area (Å²) in [5.74, 6) is 1.47. The Kier molecular flexibility index (Phi) is 4.07. The Morgan fingerprint density at radius 1 is 1.13 bits per heavy atom. The largest absolute Gasteiger partial charge is 0.553 e. The fourth-order valence-corrected chi connectivity index (χ4v) is 4.60. The quantitative estimate of drug-likeness (QED) is 0.788. The maximum absolute atomic E-state index is 12.8. The van der Waals surface area contributed by atoms with Crippen LogP contribution in [0.25, 0.3) is 0 Å². The van der Waals surface area contributed by atoms with E-state index >= 15 is 0 Å². The first-order valence-corrected chi connectivity index (χ1v) is 9.57. The minimum atomic E-state index is -3.50. The molecule has 1 aliphatic heterocycles. The lowest BCUT2D eigenvalue weighted by molar-refractivity contribution is 0.180. The van der Waals surface area contributed by atoms with E-state index in [1.54, 1.807) is 25.1 Å². The average Bonchev–Trinajstić information content (AvgIpc) is 2.58. The molecule has 0 aromatic heterocycles. The van der Waals surface area contributed by atoms with Gasteiger partial charge < -0.3 is 13.9 Å². The summed E-state index contributed by atoms with van der Waals surface area (Å²) >= 11 is 0. The van der Waals surface area contributed by atoms with Gasteiger partial charge >= 0.3 is 0 Å². The maximum atomic E-state index is 12.8. The summed E-state index contributed by atoms with van der Waals surface area (Å²) in [5.41, 5.74) is 0.792. The van der Waals surface area contributed by atoms with Crippen molar-refractivity contribution in [1.82, 2.24) is 0 Å². The molecule has 2 aromatic carbocycles. The SMILES string of the molecule is COc1cccc2c1O[C@@H](c1ccc(O[SiH3])cc1)[C@H](C)S2(=O)=O. The number of ether oxygens (including phenoxy) is 2. The fraction of sp³-hybridized carbons (Fsp3) is 0.250. The predicted molar refractivity (Wildman–Crippen MR) is 90.0 cm³/mol. The Labute approximate surface area is 138 Å². The van der Waals surface area contributed by atoms with Crippen LogP contribution >= 0.6 is 0 Å². The molecule has 0 radical (unpaired) electrons. The standard InChI is InChI=1S/C16H18O5SSi/c1-10-15(11-6-8-12(21-23)9-7-11)20-16-13(19-2)4-3-5-14(16)22(10,17)18/h3-10,15H,1-2,23H3/t10-,15+/m0/s1. The van der Waals surface area contributed by atoms with Crippen LogP contribution in [0.5, 0.6) is 17.2 Å². The zero-order valence-corrected chi connectivity index (χ0v) is 16.0. The van der Waals surface area contributed by atoms with Gasteiger partial charge in [0.05, 0.1) is 7.11 Å². The number of para-hydroxylation sites is 1. The molecule has 0 fully saturated rings. The van der Waals surface area contributed by atoms with Gasteiger partial charge in [-0.25, -0.2) is 8.42 Å².